The summed E-state index contributed by atoms with van der Waals surface area (Å²) in [5.41, 5.74) is 2.84. The Balaban J connectivity index is 1.64. The fourth-order valence-corrected chi connectivity index (χ4v) is 3.07. The van der Waals surface area contributed by atoms with Crippen molar-refractivity contribution < 1.29 is 4.52 Å². The molecule has 23 heavy (non-hydrogen) atoms. The smallest absolute Gasteiger partial charge is 0.151 e. The molecule has 0 N–H and O–H groups in total. The van der Waals surface area contributed by atoms with Crippen molar-refractivity contribution in [1.29, 1.82) is 0 Å². The highest BCUT2D eigenvalue weighted by Gasteiger charge is 2.18. The quantitative estimate of drug-likeness (QED) is 0.805. The SMILES string of the molecule is C/C=N\N1CCN(Cc2cc(-c3ccc(C)cc3Cl)no2)CC1. The van der Waals surface area contributed by atoms with E-state index in [0.717, 1.165) is 55.3 Å². The predicted molar refractivity (Wildman–Crippen MR) is 92.7 cm³/mol. The van der Waals surface area contributed by atoms with E-state index in [1.807, 2.05) is 44.3 Å². The van der Waals surface area contributed by atoms with E-state index in [1.165, 1.54) is 0 Å². The Morgan fingerprint density at radius 1 is 1.26 bits per heavy atom. The van der Waals surface area contributed by atoms with E-state index in [2.05, 4.69) is 20.2 Å². The molecule has 1 aromatic heterocycles. The van der Waals surface area contributed by atoms with Crippen LogP contribution >= 0.6 is 11.6 Å². The van der Waals surface area contributed by atoms with Gasteiger partial charge in [-0.3, -0.25) is 9.91 Å². The van der Waals surface area contributed by atoms with Crippen LogP contribution in [0.3, 0.4) is 0 Å². The molecule has 2 heterocycles. The van der Waals surface area contributed by atoms with E-state index in [4.69, 9.17) is 16.1 Å². The Morgan fingerprint density at radius 3 is 2.74 bits per heavy atom. The van der Waals surface area contributed by atoms with E-state index in [9.17, 15) is 0 Å². The summed E-state index contributed by atoms with van der Waals surface area (Å²) < 4.78 is 5.49. The summed E-state index contributed by atoms with van der Waals surface area (Å²) in [6, 6.07) is 7.94. The van der Waals surface area contributed by atoms with Gasteiger partial charge in [0.2, 0.25) is 0 Å². The van der Waals surface area contributed by atoms with E-state index >= 15 is 0 Å². The molecule has 1 aliphatic heterocycles. The fraction of sp³-hybridized carbons (Fsp3) is 0.412. The molecular formula is C17H21ClN4O. The standard InChI is InChI=1S/C17H21ClN4O/c1-3-19-22-8-6-21(7-9-22)12-14-11-17(20-23-14)15-5-4-13(2)10-16(15)18/h3-5,10-11H,6-9,12H2,1-2H3/b19-3-. The summed E-state index contributed by atoms with van der Waals surface area (Å²) in [6.45, 7) is 8.55. The summed E-state index contributed by atoms with van der Waals surface area (Å²) in [5.74, 6) is 0.865. The van der Waals surface area contributed by atoms with Crippen molar-refractivity contribution in [3.63, 3.8) is 0 Å². The van der Waals surface area contributed by atoms with Gasteiger partial charge in [0.1, 0.15) is 5.69 Å². The average molecular weight is 333 g/mol. The number of rotatable bonds is 4. The molecule has 1 fully saturated rings. The molecule has 0 amide bonds. The van der Waals surface area contributed by atoms with Crippen molar-refractivity contribution >= 4 is 17.8 Å². The first kappa shape index (κ1) is 16.0. The summed E-state index contributed by atoms with van der Waals surface area (Å²) in [6.07, 6.45) is 1.84. The Kier molecular flexibility index (Phi) is 4.98. The second-order valence-corrected chi connectivity index (χ2v) is 6.17. The Labute approximate surface area is 141 Å². The number of hydrazone groups is 1. The minimum Gasteiger partial charge on any atom is -0.359 e. The molecule has 1 aliphatic rings. The number of aryl methyl sites for hydroxylation is 1. The lowest BCUT2D eigenvalue weighted by molar-refractivity contribution is 0.122. The highest BCUT2D eigenvalue weighted by Crippen LogP contribution is 2.28. The average Bonchev–Trinajstić information content (AvgIpc) is 2.98. The fourth-order valence-electron chi connectivity index (χ4n) is 2.74. The van der Waals surface area contributed by atoms with Crippen molar-refractivity contribution in [2.75, 3.05) is 26.2 Å². The number of hydrogen-bond donors (Lipinski definition) is 0. The predicted octanol–water partition coefficient (Wildman–Crippen LogP) is 3.43. The molecule has 0 aliphatic carbocycles. The summed E-state index contributed by atoms with van der Waals surface area (Å²) >= 11 is 6.30. The number of nitrogens with zero attached hydrogens (tertiary/aromatic N) is 4. The highest BCUT2D eigenvalue weighted by atomic mass is 35.5. The van der Waals surface area contributed by atoms with Crippen LogP contribution in [0.1, 0.15) is 18.2 Å². The zero-order valence-corrected chi connectivity index (χ0v) is 14.3. The lowest BCUT2D eigenvalue weighted by atomic mass is 10.1. The molecule has 0 unspecified atom stereocenters. The first-order chi connectivity index (χ1) is 11.2. The summed E-state index contributed by atoms with van der Waals surface area (Å²) in [4.78, 5) is 2.35. The molecule has 0 saturated carbocycles. The molecule has 1 aromatic carbocycles. The van der Waals surface area contributed by atoms with Crippen LogP contribution in [0.2, 0.25) is 5.02 Å². The summed E-state index contributed by atoms with van der Waals surface area (Å²) in [7, 11) is 0. The van der Waals surface area contributed by atoms with Crippen LogP contribution < -0.4 is 0 Å². The van der Waals surface area contributed by atoms with Crippen molar-refractivity contribution in [2.45, 2.75) is 20.4 Å². The maximum Gasteiger partial charge on any atom is 0.151 e. The highest BCUT2D eigenvalue weighted by molar-refractivity contribution is 6.33. The molecule has 0 radical (unpaired) electrons. The van der Waals surface area contributed by atoms with E-state index in [-0.39, 0.29) is 0 Å². The number of aromatic nitrogens is 1. The van der Waals surface area contributed by atoms with Crippen LogP contribution in [0.4, 0.5) is 0 Å². The number of halogens is 1. The van der Waals surface area contributed by atoms with Crippen LogP contribution in [-0.4, -0.2) is 47.5 Å². The van der Waals surface area contributed by atoms with Gasteiger partial charge in [0, 0.05) is 44.0 Å². The van der Waals surface area contributed by atoms with Crippen molar-refractivity contribution in [2.24, 2.45) is 5.10 Å². The zero-order chi connectivity index (χ0) is 16.2. The van der Waals surface area contributed by atoms with Gasteiger partial charge in [0.05, 0.1) is 11.6 Å². The molecule has 5 nitrogen and oxygen atoms in total. The molecule has 1 saturated heterocycles. The van der Waals surface area contributed by atoms with Crippen molar-refractivity contribution in [3.8, 4) is 11.3 Å². The second-order valence-electron chi connectivity index (χ2n) is 5.77. The Hall–Kier alpha value is -1.85. The van der Waals surface area contributed by atoms with E-state index < -0.39 is 0 Å². The van der Waals surface area contributed by atoms with Gasteiger partial charge in [-0.1, -0.05) is 28.9 Å². The van der Waals surface area contributed by atoms with Crippen LogP contribution in [0, 0.1) is 6.92 Å². The normalized spacial score (nSPS) is 16.4. The molecule has 0 spiro atoms. The van der Waals surface area contributed by atoms with Crippen LogP contribution in [0.15, 0.2) is 33.9 Å². The molecule has 3 rings (SSSR count). The Bertz CT molecular complexity index is 690. The van der Waals surface area contributed by atoms with Crippen molar-refractivity contribution in [1.82, 2.24) is 15.1 Å². The molecular weight excluding hydrogens is 312 g/mol. The van der Waals surface area contributed by atoms with Gasteiger partial charge in [0.15, 0.2) is 5.76 Å². The topological polar surface area (TPSA) is 44.9 Å². The minimum absolute atomic E-state index is 0.705. The minimum atomic E-state index is 0.705. The van der Waals surface area contributed by atoms with Crippen LogP contribution in [0.5, 0.6) is 0 Å². The van der Waals surface area contributed by atoms with Gasteiger partial charge >= 0.3 is 0 Å². The summed E-state index contributed by atoms with van der Waals surface area (Å²) in [5, 5.41) is 11.3. The van der Waals surface area contributed by atoms with Crippen LogP contribution in [0.25, 0.3) is 11.3 Å². The first-order valence-corrected chi connectivity index (χ1v) is 8.21. The molecule has 0 bridgehead atoms. The van der Waals surface area contributed by atoms with Crippen molar-refractivity contribution in [3.05, 3.63) is 40.6 Å². The zero-order valence-electron chi connectivity index (χ0n) is 13.5. The van der Waals surface area contributed by atoms with Gasteiger partial charge in [-0.25, -0.2) is 0 Å². The van der Waals surface area contributed by atoms with Gasteiger partial charge in [-0.2, -0.15) is 5.10 Å². The number of piperazine rings is 1. The lowest BCUT2D eigenvalue weighted by Crippen LogP contribution is -2.43. The number of hydrogen-bond acceptors (Lipinski definition) is 5. The third kappa shape index (κ3) is 3.92. The third-order valence-electron chi connectivity index (χ3n) is 3.97. The molecule has 6 heteroatoms. The largest absolute Gasteiger partial charge is 0.359 e. The van der Waals surface area contributed by atoms with Gasteiger partial charge in [-0.15, -0.1) is 0 Å². The van der Waals surface area contributed by atoms with E-state index in [0.29, 0.717) is 5.02 Å². The Morgan fingerprint density at radius 2 is 2.04 bits per heavy atom. The lowest BCUT2D eigenvalue weighted by Gasteiger charge is -2.32. The number of benzene rings is 1. The van der Waals surface area contributed by atoms with E-state index in [1.54, 1.807) is 0 Å². The third-order valence-corrected chi connectivity index (χ3v) is 4.28. The molecule has 122 valence electrons. The molecule has 0 atom stereocenters. The maximum absolute atomic E-state index is 6.30. The monoisotopic (exact) mass is 332 g/mol. The van der Waals surface area contributed by atoms with Gasteiger partial charge in [0.25, 0.3) is 0 Å². The van der Waals surface area contributed by atoms with Gasteiger partial charge < -0.3 is 4.52 Å². The molecule has 2 aromatic rings. The van der Waals surface area contributed by atoms with Crippen LogP contribution in [-0.2, 0) is 6.54 Å². The second kappa shape index (κ2) is 7.15. The maximum atomic E-state index is 6.30. The first-order valence-electron chi connectivity index (χ1n) is 7.83. The van der Waals surface area contributed by atoms with Gasteiger partial charge in [-0.05, 0) is 25.5 Å².